The third-order valence-corrected chi connectivity index (χ3v) is 2.25. The van der Waals surface area contributed by atoms with E-state index in [1.54, 1.807) is 38.1 Å². The number of carbonyl (C=O) groups excluding carboxylic acids is 1. The minimum Gasteiger partial charge on any atom is -0.481 e. The second-order valence-corrected chi connectivity index (χ2v) is 4.13. The van der Waals surface area contributed by atoms with E-state index >= 15 is 0 Å². The molecule has 0 fully saturated rings. The first-order valence-electron chi connectivity index (χ1n) is 5.71. The first kappa shape index (κ1) is 14.2. The summed E-state index contributed by atoms with van der Waals surface area (Å²) in [6.07, 6.45) is -0.114. The summed E-state index contributed by atoms with van der Waals surface area (Å²) < 4.78 is 5.18. The van der Waals surface area contributed by atoms with Crippen LogP contribution in [-0.4, -0.2) is 29.7 Å². The molecule has 0 spiro atoms. The number of amides is 1. The fourth-order valence-corrected chi connectivity index (χ4v) is 1.30. The normalized spacial score (nSPS) is 12.2. The summed E-state index contributed by atoms with van der Waals surface area (Å²) in [5.41, 5.74) is 0.568. The lowest BCUT2D eigenvalue weighted by Crippen LogP contribution is -2.34. The van der Waals surface area contributed by atoms with Gasteiger partial charge in [-0.05, 0) is 26.0 Å². The molecule has 18 heavy (non-hydrogen) atoms. The number of anilines is 1. The number of para-hydroxylation sites is 1. The highest BCUT2D eigenvalue weighted by molar-refractivity contribution is 6.04. The summed E-state index contributed by atoms with van der Waals surface area (Å²) in [6.45, 7) is 3.44. The van der Waals surface area contributed by atoms with Crippen LogP contribution in [0.1, 0.15) is 13.8 Å². The molecule has 1 aromatic carbocycles. The molecule has 0 radical (unpaired) electrons. The maximum Gasteiger partial charge on any atom is 0.318 e. The lowest BCUT2D eigenvalue weighted by atomic mass is 10.1. The lowest BCUT2D eigenvalue weighted by molar-refractivity contribution is -0.148. The van der Waals surface area contributed by atoms with Gasteiger partial charge in [0.1, 0.15) is 0 Å². The second-order valence-electron chi connectivity index (χ2n) is 4.13. The molecule has 98 valence electrons. The van der Waals surface area contributed by atoms with E-state index in [4.69, 9.17) is 9.84 Å². The number of nitrogens with one attached hydrogen (secondary N) is 1. The van der Waals surface area contributed by atoms with Crippen LogP contribution >= 0.6 is 0 Å². The van der Waals surface area contributed by atoms with E-state index in [-0.39, 0.29) is 12.7 Å². The minimum atomic E-state index is -1.20. The molecule has 2 N–H and O–H groups in total. The molecule has 1 atom stereocenters. The third kappa shape index (κ3) is 4.55. The number of carbonyl (C=O) groups is 2. The van der Waals surface area contributed by atoms with Crippen molar-refractivity contribution in [3.8, 4) is 0 Å². The number of carboxylic acid groups (broad SMARTS) is 1. The highest BCUT2D eigenvalue weighted by Gasteiger charge is 2.26. The zero-order valence-corrected chi connectivity index (χ0v) is 10.4. The third-order valence-electron chi connectivity index (χ3n) is 2.25. The average Bonchev–Trinajstić information content (AvgIpc) is 2.29. The summed E-state index contributed by atoms with van der Waals surface area (Å²) in [4.78, 5) is 22.8. The van der Waals surface area contributed by atoms with Crippen LogP contribution in [0.3, 0.4) is 0 Å². The van der Waals surface area contributed by atoms with Crippen LogP contribution in [0, 0.1) is 5.92 Å². The highest BCUT2D eigenvalue weighted by Crippen LogP contribution is 2.09. The summed E-state index contributed by atoms with van der Waals surface area (Å²) in [6, 6.07) is 8.72. The number of benzene rings is 1. The Kier molecular flexibility index (Phi) is 5.32. The first-order valence-corrected chi connectivity index (χ1v) is 5.71. The van der Waals surface area contributed by atoms with Crippen LogP contribution in [0.4, 0.5) is 5.69 Å². The van der Waals surface area contributed by atoms with Crippen molar-refractivity contribution in [3.05, 3.63) is 30.3 Å². The fourth-order valence-electron chi connectivity index (χ4n) is 1.30. The van der Waals surface area contributed by atoms with E-state index in [0.717, 1.165) is 0 Å². The van der Waals surface area contributed by atoms with Crippen molar-refractivity contribution in [1.82, 2.24) is 0 Å². The van der Waals surface area contributed by atoms with Crippen molar-refractivity contribution in [2.24, 2.45) is 5.92 Å². The Morgan fingerprint density at radius 3 is 2.39 bits per heavy atom. The van der Waals surface area contributed by atoms with Crippen LogP contribution in [-0.2, 0) is 14.3 Å². The van der Waals surface area contributed by atoms with Crippen LogP contribution in [0.15, 0.2) is 30.3 Å². The van der Waals surface area contributed by atoms with Gasteiger partial charge < -0.3 is 15.2 Å². The van der Waals surface area contributed by atoms with Gasteiger partial charge in [0, 0.05) is 5.69 Å². The molecule has 0 bridgehead atoms. The molecule has 0 heterocycles. The fraction of sp³-hybridized carbons (Fsp3) is 0.385. The maximum absolute atomic E-state index is 11.8. The number of hydrogen-bond acceptors (Lipinski definition) is 3. The molecule has 0 saturated carbocycles. The van der Waals surface area contributed by atoms with Crippen LogP contribution in [0.5, 0.6) is 0 Å². The molecule has 1 rings (SSSR count). The number of hydrogen-bond donors (Lipinski definition) is 2. The summed E-state index contributed by atoms with van der Waals surface area (Å²) in [5.74, 6) is -2.97. The van der Waals surface area contributed by atoms with E-state index < -0.39 is 17.8 Å². The highest BCUT2D eigenvalue weighted by atomic mass is 16.5. The van der Waals surface area contributed by atoms with Gasteiger partial charge in [-0.2, -0.15) is 0 Å². The smallest absolute Gasteiger partial charge is 0.318 e. The minimum absolute atomic E-state index is 0.114. The Balaban J connectivity index is 2.63. The van der Waals surface area contributed by atoms with Gasteiger partial charge in [0.2, 0.25) is 5.91 Å². The molecule has 0 aliphatic carbocycles. The van der Waals surface area contributed by atoms with Gasteiger partial charge in [-0.3, -0.25) is 9.59 Å². The van der Waals surface area contributed by atoms with E-state index in [9.17, 15) is 9.59 Å². The molecule has 0 saturated heterocycles. The number of carboxylic acids is 1. The number of ether oxygens (including phenoxy) is 1. The molecule has 0 aromatic heterocycles. The molecular weight excluding hydrogens is 234 g/mol. The van der Waals surface area contributed by atoms with Crippen molar-refractivity contribution in [2.75, 3.05) is 11.9 Å². The predicted molar refractivity (Wildman–Crippen MR) is 67.3 cm³/mol. The van der Waals surface area contributed by atoms with Gasteiger partial charge in [0.25, 0.3) is 0 Å². The van der Waals surface area contributed by atoms with Crippen LogP contribution in [0.25, 0.3) is 0 Å². The zero-order valence-electron chi connectivity index (χ0n) is 10.4. The van der Waals surface area contributed by atoms with E-state index in [0.29, 0.717) is 5.69 Å². The van der Waals surface area contributed by atoms with Crippen molar-refractivity contribution >= 4 is 17.6 Å². The Hall–Kier alpha value is -1.88. The maximum atomic E-state index is 11.8. The molecular formula is C13H17NO4. The molecule has 1 amide bonds. The average molecular weight is 251 g/mol. The molecule has 5 nitrogen and oxygen atoms in total. The van der Waals surface area contributed by atoms with E-state index in [1.165, 1.54) is 0 Å². The lowest BCUT2D eigenvalue weighted by Gasteiger charge is -2.14. The van der Waals surface area contributed by atoms with Crippen LogP contribution in [0.2, 0.25) is 0 Å². The van der Waals surface area contributed by atoms with Crippen LogP contribution < -0.4 is 5.32 Å². The predicted octanol–water partition coefficient (Wildman–Crippen LogP) is 1.75. The van der Waals surface area contributed by atoms with Gasteiger partial charge in [-0.1, -0.05) is 18.2 Å². The van der Waals surface area contributed by atoms with Crippen molar-refractivity contribution < 1.29 is 19.4 Å². The quantitative estimate of drug-likeness (QED) is 0.755. The number of aliphatic carboxylic acids is 1. The van der Waals surface area contributed by atoms with Crippen molar-refractivity contribution in [2.45, 2.75) is 20.0 Å². The van der Waals surface area contributed by atoms with Crippen molar-refractivity contribution in [1.29, 1.82) is 0 Å². The standard InChI is InChI=1S/C13H17NO4/c1-9(2)18-8-11(13(16)17)12(15)14-10-6-4-3-5-7-10/h3-7,9,11H,8H2,1-2H3,(H,14,15)(H,16,17). The van der Waals surface area contributed by atoms with Gasteiger partial charge in [0.15, 0.2) is 5.92 Å². The topological polar surface area (TPSA) is 75.6 Å². The van der Waals surface area contributed by atoms with Gasteiger partial charge >= 0.3 is 5.97 Å². The molecule has 5 heteroatoms. The SMILES string of the molecule is CC(C)OCC(C(=O)O)C(=O)Nc1ccccc1. The Morgan fingerprint density at radius 1 is 1.28 bits per heavy atom. The van der Waals surface area contributed by atoms with E-state index in [2.05, 4.69) is 5.32 Å². The molecule has 1 unspecified atom stereocenters. The van der Waals surface area contributed by atoms with Gasteiger partial charge in [-0.15, -0.1) is 0 Å². The summed E-state index contributed by atoms with van der Waals surface area (Å²) >= 11 is 0. The molecule has 1 aromatic rings. The number of rotatable bonds is 6. The van der Waals surface area contributed by atoms with Crippen molar-refractivity contribution in [3.63, 3.8) is 0 Å². The largest absolute Gasteiger partial charge is 0.481 e. The molecule has 0 aliphatic rings. The molecule has 0 aliphatic heterocycles. The summed E-state index contributed by atoms with van der Waals surface area (Å²) in [5, 5.41) is 11.5. The summed E-state index contributed by atoms with van der Waals surface area (Å²) in [7, 11) is 0. The second kappa shape index (κ2) is 6.76. The van der Waals surface area contributed by atoms with Gasteiger partial charge in [-0.25, -0.2) is 0 Å². The van der Waals surface area contributed by atoms with Gasteiger partial charge in [0.05, 0.1) is 12.7 Å². The first-order chi connectivity index (χ1) is 8.50. The van der Waals surface area contributed by atoms with E-state index in [1.807, 2.05) is 6.07 Å². The Bertz CT molecular complexity index is 403. The Morgan fingerprint density at radius 2 is 1.89 bits per heavy atom. The monoisotopic (exact) mass is 251 g/mol. The zero-order chi connectivity index (χ0) is 13.5. The Labute approximate surface area is 106 Å².